The van der Waals surface area contributed by atoms with Gasteiger partial charge in [0, 0.05) is 6.54 Å². The lowest BCUT2D eigenvalue weighted by atomic mass is 9.88. The van der Waals surface area contributed by atoms with Crippen molar-refractivity contribution in [2.24, 2.45) is 5.92 Å². The highest BCUT2D eigenvalue weighted by Gasteiger charge is 2.22. The van der Waals surface area contributed by atoms with Crippen LogP contribution in [-0.2, 0) is 6.54 Å². The molecule has 0 unspecified atom stereocenters. The summed E-state index contributed by atoms with van der Waals surface area (Å²) < 4.78 is 2.35. The van der Waals surface area contributed by atoms with Crippen molar-refractivity contribution < 1.29 is 0 Å². The molecule has 2 aromatic rings. The van der Waals surface area contributed by atoms with Crippen molar-refractivity contribution in [1.82, 2.24) is 14.5 Å². The van der Waals surface area contributed by atoms with E-state index in [2.05, 4.69) is 49.4 Å². The molecule has 3 nitrogen and oxygen atoms in total. The van der Waals surface area contributed by atoms with Gasteiger partial charge in [0.25, 0.3) is 0 Å². The molecule has 2 heterocycles. The van der Waals surface area contributed by atoms with E-state index in [9.17, 15) is 0 Å². The monoisotopic (exact) mass is 299 g/mol. The van der Waals surface area contributed by atoms with Crippen LogP contribution in [0, 0.1) is 12.8 Å². The highest BCUT2D eigenvalue weighted by Crippen LogP contribution is 2.33. The second kappa shape index (κ2) is 6.41. The zero-order valence-corrected chi connectivity index (χ0v) is 14.5. The van der Waals surface area contributed by atoms with Gasteiger partial charge in [-0.05, 0) is 75.4 Å². The fraction of sp³-hybridized carbons (Fsp3) is 0.632. The third-order valence-corrected chi connectivity index (χ3v) is 5.01. The van der Waals surface area contributed by atoms with Crippen molar-refractivity contribution in [1.29, 1.82) is 0 Å². The first kappa shape index (κ1) is 15.5. The molecule has 0 radical (unpaired) electrons. The summed E-state index contributed by atoms with van der Waals surface area (Å²) in [4.78, 5) is 7.22. The Kier molecular flexibility index (Phi) is 4.53. The molecule has 0 bridgehead atoms. The van der Waals surface area contributed by atoms with E-state index < -0.39 is 0 Å². The molecule has 3 heteroatoms. The van der Waals surface area contributed by atoms with Gasteiger partial charge < -0.3 is 9.47 Å². The van der Waals surface area contributed by atoms with E-state index in [1.54, 1.807) is 0 Å². The number of aryl methyl sites for hydroxylation is 2. The number of nitrogens with zero attached hydrogens (tertiary/aromatic N) is 3. The Labute approximate surface area is 134 Å². The minimum atomic E-state index is 0.673. The standard InChI is InChI=1S/C19H29N3/c1-14(2)5-10-22-13-20-19-17(11-15(3)12-18(19)22)16-6-8-21(4)9-7-16/h11-14,16H,5-10H2,1-4H3. The fourth-order valence-corrected chi connectivity index (χ4v) is 3.54. The molecule has 22 heavy (non-hydrogen) atoms. The van der Waals surface area contributed by atoms with Crippen LogP contribution >= 0.6 is 0 Å². The maximum atomic E-state index is 4.78. The van der Waals surface area contributed by atoms with Gasteiger partial charge in [-0.25, -0.2) is 4.98 Å². The van der Waals surface area contributed by atoms with Crippen LogP contribution in [0.4, 0.5) is 0 Å². The van der Waals surface area contributed by atoms with Crippen molar-refractivity contribution in [2.75, 3.05) is 20.1 Å². The summed E-state index contributed by atoms with van der Waals surface area (Å²) in [5.74, 6) is 1.41. The smallest absolute Gasteiger partial charge is 0.0958 e. The summed E-state index contributed by atoms with van der Waals surface area (Å²) in [5.41, 5.74) is 5.41. The van der Waals surface area contributed by atoms with Crippen LogP contribution < -0.4 is 0 Å². The Morgan fingerprint density at radius 2 is 1.95 bits per heavy atom. The summed E-state index contributed by atoms with van der Waals surface area (Å²) in [6.07, 6.45) is 5.77. The van der Waals surface area contributed by atoms with Gasteiger partial charge in [0.2, 0.25) is 0 Å². The lowest BCUT2D eigenvalue weighted by molar-refractivity contribution is 0.256. The van der Waals surface area contributed by atoms with Crippen molar-refractivity contribution in [3.8, 4) is 0 Å². The van der Waals surface area contributed by atoms with Crippen LogP contribution in [0.1, 0.15) is 50.2 Å². The average Bonchev–Trinajstić information content (AvgIpc) is 2.88. The zero-order chi connectivity index (χ0) is 15.7. The van der Waals surface area contributed by atoms with Gasteiger partial charge in [0.1, 0.15) is 0 Å². The second-order valence-electron chi connectivity index (χ2n) is 7.42. The molecule has 1 aromatic heterocycles. The number of hydrogen-bond donors (Lipinski definition) is 0. The first-order chi connectivity index (χ1) is 10.5. The number of rotatable bonds is 4. The van der Waals surface area contributed by atoms with E-state index in [0.717, 1.165) is 12.5 Å². The Balaban J connectivity index is 1.93. The first-order valence-electron chi connectivity index (χ1n) is 8.68. The van der Waals surface area contributed by atoms with E-state index in [1.807, 2.05) is 6.33 Å². The van der Waals surface area contributed by atoms with Crippen molar-refractivity contribution in [2.45, 2.75) is 52.5 Å². The SMILES string of the molecule is Cc1cc(C2CCN(C)CC2)c2ncn(CCC(C)C)c2c1. The van der Waals surface area contributed by atoms with Gasteiger partial charge in [-0.1, -0.05) is 19.9 Å². The number of likely N-dealkylation sites (tertiary alicyclic amines) is 1. The number of piperidine rings is 1. The zero-order valence-electron chi connectivity index (χ0n) is 14.5. The number of benzene rings is 1. The van der Waals surface area contributed by atoms with Crippen LogP contribution in [0.15, 0.2) is 18.5 Å². The van der Waals surface area contributed by atoms with Gasteiger partial charge in [-0.15, -0.1) is 0 Å². The third kappa shape index (κ3) is 3.19. The second-order valence-corrected chi connectivity index (χ2v) is 7.42. The summed E-state index contributed by atoms with van der Waals surface area (Å²) in [6.45, 7) is 10.3. The molecule has 1 saturated heterocycles. The van der Waals surface area contributed by atoms with Crippen molar-refractivity contribution in [3.63, 3.8) is 0 Å². The Morgan fingerprint density at radius 3 is 2.64 bits per heavy atom. The highest BCUT2D eigenvalue weighted by atomic mass is 15.1. The molecule has 0 atom stereocenters. The molecule has 3 rings (SSSR count). The van der Waals surface area contributed by atoms with E-state index in [0.29, 0.717) is 5.92 Å². The fourth-order valence-electron chi connectivity index (χ4n) is 3.54. The molecule has 1 fully saturated rings. The minimum Gasteiger partial charge on any atom is -0.331 e. The molecule has 1 aromatic carbocycles. The van der Waals surface area contributed by atoms with Crippen LogP contribution in [0.5, 0.6) is 0 Å². The topological polar surface area (TPSA) is 21.1 Å². The van der Waals surface area contributed by atoms with E-state index in [4.69, 9.17) is 4.98 Å². The predicted molar refractivity (Wildman–Crippen MR) is 93.4 cm³/mol. The molecule has 120 valence electrons. The van der Waals surface area contributed by atoms with Crippen LogP contribution in [0.2, 0.25) is 0 Å². The number of aromatic nitrogens is 2. The Hall–Kier alpha value is -1.35. The molecule has 0 N–H and O–H groups in total. The van der Waals surface area contributed by atoms with Crippen molar-refractivity contribution in [3.05, 3.63) is 29.6 Å². The largest absolute Gasteiger partial charge is 0.331 e. The molecule has 0 aliphatic carbocycles. The Bertz CT molecular complexity index is 633. The summed E-state index contributed by atoms with van der Waals surface area (Å²) in [7, 11) is 2.22. The van der Waals surface area contributed by atoms with Gasteiger partial charge in [0.05, 0.1) is 17.4 Å². The number of hydrogen-bond acceptors (Lipinski definition) is 2. The van der Waals surface area contributed by atoms with Gasteiger partial charge in [-0.3, -0.25) is 0 Å². The average molecular weight is 299 g/mol. The number of imidazole rings is 1. The molecular weight excluding hydrogens is 270 g/mol. The molecule has 1 aliphatic heterocycles. The molecular formula is C19H29N3. The van der Waals surface area contributed by atoms with E-state index in [1.165, 1.54) is 54.5 Å². The first-order valence-corrected chi connectivity index (χ1v) is 8.68. The highest BCUT2D eigenvalue weighted by molar-refractivity contribution is 5.80. The van der Waals surface area contributed by atoms with Gasteiger partial charge in [0.15, 0.2) is 0 Å². The van der Waals surface area contributed by atoms with Crippen LogP contribution in [-0.4, -0.2) is 34.6 Å². The maximum Gasteiger partial charge on any atom is 0.0958 e. The number of fused-ring (bicyclic) bond motifs is 1. The predicted octanol–water partition coefficient (Wildman–Crippen LogP) is 4.20. The minimum absolute atomic E-state index is 0.673. The summed E-state index contributed by atoms with van der Waals surface area (Å²) in [6, 6.07) is 4.68. The third-order valence-electron chi connectivity index (χ3n) is 5.01. The van der Waals surface area contributed by atoms with E-state index >= 15 is 0 Å². The van der Waals surface area contributed by atoms with Crippen LogP contribution in [0.25, 0.3) is 11.0 Å². The lowest BCUT2D eigenvalue weighted by Gasteiger charge is -2.29. The summed E-state index contributed by atoms with van der Waals surface area (Å²) in [5, 5.41) is 0. The lowest BCUT2D eigenvalue weighted by Crippen LogP contribution is -2.29. The van der Waals surface area contributed by atoms with Gasteiger partial charge >= 0.3 is 0 Å². The Morgan fingerprint density at radius 1 is 1.23 bits per heavy atom. The molecule has 1 aliphatic rings. The van der Waals surface area contributed by atoms with Crippen LogP contribution in [0.3, 0.4) is 0 Å². The van der Waals surface area contributed by atoms with E-state index in [-0.39, 0.29) is 0 Å². The molecule has 0 saturated carbocycles. The normalized spacial score (nSPS) is 17.7. The summed E-state index contributed by atoms with van der Waals surface area (Å²) >= 11 is 0. The maximum absolute atomic E-state index is 4.78. The van der Waals surface area contributed by atoms with Crippen molar-refractivity contribution >= 4 is 11.0 Å². The molecule has 0 spiro atoms. The quantitative estimate of drug-likeness (QED) is 0.843. The molecule has 0 amide bonds. The van der Waals surface area contributed by atoms with Gasteiger partial charge in [-0.2, -0.15) is 0 Å².